The summed E-state index contributed by atoms with van der Waals surface area (Å²) in [5.41, 5.74) is 2.44. The van der Waals surface area contributed by atoms with Crippen LogP contribution in [0.1, 0.15) is 31.5 Å². The van der Waals surface area contributed by atoms with Crippen molar-refractivity contribution in [3.63, 3.8) is 0 Å². The highest BCUT2D eigenvalue weighted by molar-refractivity contribution is 5.15. The Labute approximate surface area is 128 Å². The minimum absolute atomic E-state index is 0.277. The molecule has 5 nitrogen and oxygen atoms in total. The number of aliphatic hydroxyl groups excluding tert-OH is 1. The highest BCUT2D eigenvalue weighted by Gasteiger charge is 2.27. The Balaban J connectivity index is 1.96. The molecule has 1 aromatic heterocycles. The molecular weight excluding hydrogens is 264 g/mol. The summed E-state index contributed by atoms with van der Waals surface area (Å²) in [7, 11) is 1.98. The largest absolute Gasteiger partial charge is 0.396 e. The molecule has 0 bridgehead atoms. The quantitative estimate of drug-likeness (QED) is 0.858. The van der Waals surface area contributed by atoms with Crippen molar-refractivity contribution in [1.82, 2.24) is 19.6 Å². The first-order chi connectivity index (χ1) is 9.99. The zero-order valence-corrected chi connectivity index (χ0v) is 13.9. The molecule has 2 heterocycles. The number of aromatic nitrogens is 2. The van der Waals surface area contributed by atoms with E-state index in [2.05, 4.69) is 41.9 Å². The van der Waals surface area contributed by atoms with Crippen LogP contribution >= 0.6 is 0 Å². The number of hydrogen-bond acceptors (Lipinski definition) is 4. The maximum Gasteiger partial charge on any atom is 0.0638 e. The monoisotopic (exact) mass is 294 g/mol. The van der Waals surface area contributed by atoms with E-state index in [-0.39, 0.29) is 6.61 Å². The second-order valence-electron chi connectivity index (χ2n) is 6.70. The van der Waals surface area contributed by atoms with Gasteiger partial charge in [-0.1, -0.05) is 13.8 Å². The molecule has 1 atom stereocenters. The molecule has 0 aliphatic carbocycles. The zero-order valence-electron chi connectivity index (χ0n) is 13.9. The Morgan fingerprint density at radius 2 is 2.14 bits per heavy atom. The molecule has 5 heteroatoms. The summed E-state index contributed by atoms with van der Waals surface area (Å²) in [6, 6.07) is 0.475. The van der Waals surface area contributed by atoms with Crippen LogP contribution in [0, 0.1) is 12.8 Å². The molecule has 1 saturated heterocycles. The highest BCUT2D eigenvalue weighted by atomic mass is 16.3. The van der Waals surface area contributed by atoms with Crippen molar-refractivity contribution in [2.45, 2.75) is 39.8 Å². The van der Waals surface area contributed by atoms with Gasteiger partial charge in [-0.15, -0.1) is 0 Å². The van der Waals surface area contributed by atoms with Crippen LogP contribution in [-0.4, -0.2) is 63.5 Å². The lowest BCUT2D eigenvalue weighted by Gasteiger charge is -2.42. The summed E-state index contributed by atoms with van der Waals surface area (Å²) in [5, 5.41) is 13.8. The van der Waals surface area contributed by atoms with E-state index in [0.717, 1.165) is 44.8 Å². The predicted molar refractivity (Wildman–Crippen MR) is 85.1 cm³/mol. The maximum absolute atomic E-state index is 9.34. The second-order valence-corrected chi connectivity index (χ2v) is 6.70. The molecule has 0 aromatic carbocycles. The van der Waals surface area contributed by atoms with Gasteiger partial charge in [0.25, 0.3) is 0 Å². The fraction of sp³-hybridized carbons (Fsp3) is 0.812. The van der Waals surface area contributed by atoms with Crippen LogP contribution in [0.5, 0.6) is 0 Å². The van der Waals surface area contributed by atoms with Gasteiger partial charge < -0.3 is 5.11 Å². The third kappa shape index (κ3) is 4.53. The van der Waals surface area contributed by atoms with Gasteiger partial charge in [0, 0.05) is 64.2 Å². The topological polar surface area (TPSA) is 44.5 Å². The van der Waals surface area contributed by atoms with Crippen molar-refractivity contribution in [1.29, 1.82) is 0 Å². The average molecular weight is 294 g/mol. The van der Waals surface area contributed by atoms with Gasteiger partial charge in [0.05, 0.1) is 5.69 Å². The standard InChI is InChI=1S/C16H30N4O/c1-13(2)9-20-7-6-19(12-16(20)5-8-21)11-15-10-18(4)17-14(15)3/h10,13,16,21H,5-9,11-12H2,1-4H3. The van der Waals surface area contributed by atoms with Crippen LogP contribution in [0.15, 0.2) is 6.20 Å². The number of aliphatic hydroxyl groups is 1. The smallest absolute Gasteiger partial charge is 0.0638 e. The van der Waals surface area contributed by atoms with Crippen LogP contribution in [0.3, 0.4) is 0 Å². The molecule has 1 aliphatic heterocycles. The molecule has 120 valence electrons. The molecule has 1 unspecified atom stereocenters. The van der Waals surface area contributed by atoms with Crippen molar-refractivity contribution in [3.05, 3.63) is 17.5 Å². The Bertz CT molecular complexity index is 443. The molecule has 0 saturated carbocycles. The molecule has 21 heavy (non-hydrogen) atoms. The van der Waals surface area contributed by atoms with Gasteiger partial charge >= 0.3 is 0 Å². The minimum atomic E-state index is 0.277. The van der Waals surface area contributed by atoms with Crippen LogP contribution in [-0.2, 0) is 13.6 Å². The van der Waals surface area contributed by atoms with Gasteiger partial charge in [-0.2, -0.15) is 5.10 Å². The number of rotatable bonds is 6. The van der Waals surface area contributed by atoms with Crippen LogP contribution in [0.25, 0.3) is 0 Å². The molecule has 1 aliphatic rings. The summed E-state index contributed by atoms with van der Waals surface area (Å²) in [6.45, 7) is 12.2. The zero-order chi connectivity index (χ0) is 15.4. The van der Waals surface area contributed by atoms with Gasteiger partial charge in [0.15, 0.2) is 0 Å². The van der Waals surface area contributed by atoms with E-state index in [9.17, 15) is 5.11 Å². The van der Waals surface area contributed by atoms with E-state index in [1.807, 2.05) is 11.7 Å². The average Bonchev–Trinajstić information content (AvgIpc) is 2.71. The fourth-order valence-corrected chi connectivity index (χ4v) is 3.28. The van der Waals surface area contributed by atoms with Crippen molar-refractivity contribution in [2.24, 2.45) is 13.0 Å². The lowest BCUT2D eigenvalue weighted by molar-refractivity contribution is 0.0476. The summed E-state index contributed by atoms with van der Waals surface area (Å²) in [6.07, 6.45) is 2.99. The molecular formula is C16H30N4O. The Kier molecular flexibility index (Phi) is 5.79. The summed E-state index contributed by atoms with van der Waals surface area (Å²) in [5.74, 6) is 0.679. The van der Waals surface area contributed by atoms with Crippen LogP contribution < -0.4 is 0 Å². The first kappa shape index (κ1) is 16.5. The van der Waals surface area contributed by atoms with Crippen LogP contribution in [0.2, 0.25) is 0 Å². The van der Waals surface area contributed by atoms with Gasteiger partial charge in [-0.3, -0.25) is 14.5 Å². The van der Waals surface area contributed by atoms with Gasteiger partial charge in [0.2, 0.25) is 0 Å². The summed E-state index contributed by atoms with van der Waals surface area (Å²) < 4.78 is 1.89. The minimum Gasteiger partial charge on any atom is -0.396 e. The Hall–Kier alpha value is -0.910. The van der Waals surface area contributed by atoms with Gasteiger partial charge in [-0.05, 0) is 19.3 Å². The Morgan fingerprint density at radius 1 is 1.38 bits per heavy atom. The molecule has 1 fully saturated rings. The first-order valence-electron chi connectivity index (χ1n) is 8.06. The van der Waals surface area contributed by atoms with E-state index in [4.69, 9.17) is 0 Å². The van der Waals surface area contributed by atoms with E-state index < -0.39 is 0 Å². The number of nitrogens with zero attached hydrogens (tertiary/aromatic N) is 4. The third-order valence-corrected chi connectivity index (χ3v) is 4.26. The Morgan fingerprint density at radius 3 is 2.71 bits per heavy atom. The van der Waals surface area contributed by atoms with Crippen molar-refractivity contribution < 1.29 is 5.11 Å². The van der Waals surface area contributed by atoms with E-state index in [0.29, 0.717) is 12.0 Å². The van der Waals surface area contributed by atoms with Crippen LogP contribution in [0.4, 0.5) is 0 Å². The predicted octanol–water partition coefficient (Wildman–Crippen LogP) is 1.25. The second kappa shape index (κ2) is 7.38. The maximum atomic E-state index is 9.34. The number of hydrogen-bond donors (Lipinski definition) is 1. The molecule has 0 spiro atoms. The number of aryl methyl sites for hydroxylation is 2. The molecule has 1 N–H and O–H groups in total. The SMILES string of the molecule is Cc1nn(C)cc1CN1CCN(CC(C)C)C(CCO)C1. The molecule has 1 aromatic rings. The number of piperazine rings is 1. The normalized spacial score (nSPS) is 21.3. The first-order valence-corrected chi connectivity index (χ1v) is 8.06. The molecule has 0 radical (unpaired) electrons. The van der Waals surface area contributed by atoms with Crippen molar-refractivity contribution in [2.75, 3.05) is 32.8 Å². The summed E-state index contributed by atoms with van der Waals surface area (Å²) >= 11 is 0. The summed E-state index contributed by atoms with van der Waals surface area (Å²) in [4.78, 5) is 5.05. The highest BCUT2D eigenvalue weighted by Crippen LogP contribution is 2.18. The van der Waals surface area contributed by atoms with Crippen molar-refractivity contribution in [3.8, 4) is 0 Å². The van der Waals surface area contributed by atoms with E-state index >= 15 is 0 Å². The van der Waals surface area contributed by atoms with E-state index in [1.54, 1.807) is 0 Å². The van der Waals surface area contributed by atoms with Gasteiger partial charge in [-0.25, -0.2) is 0 Å². The van der Waals surface area contributed by atoms with E-state index in [1.165, 1.54) is 5.56 Å². The fourth-order valence-electron chi connectivity index (χ4n) is 3.28. The third-order valence-electron chi connectivity index (χ3n) is 4.26. The van der Waals surface area contributed by atoms with Crippen molar-refractivity contribution >= 4 is 0 Å². The molecule has 0 amide bonds. The molecule has 2 rings (SSSR count). The lowest BCUT2D eigenvalue weighted by atomic mass is 10.1. The van der Waals surface area contributed by atoms with Gasteiger partial charge in [0.1, 0.15) is 0 Å². The lowest BCUT2D eigenvalue weighted by Crippen LogP contribution is -2.53.